The smallest absolute Gasteiger partial charge is 0.261 e. The molecule has 1 heterocycles. The summed E-state index contributed by atoms with van der Waals surface area (Å²) in [5, 5.41) is 2.92. The van der Waals surface area contributed by atoms with Crippen LogP contribution in [0.2, 0.25) is 0 Å². The Bertz CT molecular complexity index is 838. The van der Waals surface area contributed by atoms with Crippen molar-refractivity contribution in [2.24, 2.45) is 0 Å². The van der Waals surface area contributed by atoms with Gasteiger partial charge in [0, 0.05) is 18.7 Å². The van der Waals surface area contributed by atoms with Crippen LogP contribution in [-0.2, 0) is 11.2 Å². The molecule has 2 aromatic carbocycles. The second kappa shape index (κ2) is 7.52. The molecule has 0 aliphatic carbocycles. The zero-order chi connectivity index (χ0) is 18.7. The van der Waals surface area contributed by atoms with Crippen molar-refractivity contribution in [1.82, 2.24) is 4.90 Å². The third-order valence-electron chi connectivity index (χ3n) is 4.65. The van der Waals surface area contributed by atoms with E-state index >= 15 is 0 Å². The molecule has 26 heavy (non-hydrogen) atoms. The summed E-state index contributed by atoms with van der Waals surface area (Å²) in [5.74, 6) is -0.673. The number of nitrogens with one attached hydrogen (secondary N) is 1. The van der Waals surface area contributed by atoms with Gasteiger partial charge in [-0.3, -0.25) is 19.3 Å². The van der Waals surface area contributed by atoms with Gasteiger partial charge in [0.1, 0.15) is 0 Å². The van der Waals surface area contributed by atoms with Gasteiger partial charge < -0.3 is 5.32 Å². The first-order valence-corrected chi connectivity index (χ1v) is 8.86. The first-order chi connectivity index (χ1) is 12.5. The van der Waals surface area contributed by atoms with Gasteiger partial charge in [0.15, 0.2) is 0 Å². The van der Waals surface area contributed by atoms with Crippen LogP contribution in [0.4, 0.5) is 5.69 Å². The van der Waals surface area contributed by atoms with Crippen molar-refractivity contribution in [2.45, 2.75) is 33.1 Å². The maximum Gasteiger partial charge on any atom is 0.261 e. The van der Waals surface area contributed by atoms with Gasteiger partial charge in [-0.05, 0) is 49.1 Å². The number of hydrogen-bond donors (Lipinski definition) is 1. The number of carbonyl (C=O) groups excluding carboxylic acids is 3. The number of aryl methyl sites for hydroxylation is 2. The fourth-order valence-electron chi connectivity index (χ4n) is 3.08. The first-order valence-electron chi connectivity index (χ1n) is 8.86. The van der Waals surface area contributed by atoms with Crippen molar-refractivity contribution in [2.75, 3.05) is 11.9 Å². The van der Waals surface area contributed by atoms with Crippen LogP contribution in [0.25, 0.3) is 0 Å². The van der Waals surface area contributed by atoms with Crippen LogP contribution in [0.15, 0.2) is 42.5 Å². The Morgan fingerprint density at radius 1 is 1.04 bits per heavy atom. The summed E-state index contributed by atoms with van der Waals surface area (Å²) >= 11 is 0. The lowest BCUT2D eigenvalue weighted by Gasteiger charge is -2.14. The fraction of sp³-hybridized carbons (Fsp3) is 0.286. The molecular formula is C21H22N2O3. The van der Waals surface area contributed by atoms with E-state index < -0.39 is 0 Å². The molecule has 0 saturated carbocycles. The molecule has 0 radical (unpaired) electrons. The van der Waals surface area contributed by atoms with E-state index in [2.05, 4.69) is 12.2 Å². The van der Waals surface area contributed by atoms with E-state index in [0.29, 0.717) is 17.5 Å². The molecule has 5 heteroatoms. The number of amides is 3. The molecule has 3 amide bonds. The van der Waals surface area contributed by atoms with Gasteiger partial charge in [-0.2, -0.15) is 0 Å². The molecule has 0 saturated heterocycles. The van der Waals surface area contributed by atoms with Gasteiger partial charge in [0.05, 0.1) is 11.1 Å². The molecule has 2 aromatic rings. The van der Waals surface area contributed by atoms with Crippen molar-refractivity contribution >= 4 is 23.4 Å². The third-order valence-corrected chi connectivity index (χ3v) is 4.65. The standard InChI is InChI=1S/C21H22N2O3/c1-3-15-11-10-14(2)18(13-15)22-19(24)9-6-12-23-20(25)16-7-4-5-8-17(16)21(23)26/h4-5,7-8,10-11,13H,3,6,9,12H2,1-2H3,(H,22,24). The largest absolute Gasteiger partial charge is 0.326 e. The second-order valence-corrected chi connectivity index (χ2v) is 6.46. The minimum Gasteiger partial charge on any atom is -0.326 e. The SMILES string of the molecule is CCc1ccc(C)c(NC(=O)CCCN2C(=O)c3ccccc3C2=O)c1. The number of carbonyl (C=O) groups is 3. The fourth-order valence-corrected chi connectivity index (χ4v) is 3.08. The number of fused-ring (bicyclic) bond motifs is 1. The summed E-state index contributed by atoms with van der Waals surface area (Å²) in [5.41, 5.74) is 3.87. The molecule has 5 nitrogen and oxygen atoms in total. The van der Waals surface area contributed by atoms with Crippen molar-refractivity contribution < 1.29 is 14.4 Å². The molecule has 0 aromatic heterocycles. The van der Waals surface area contributed by atoms with Crippen molar-refractivity contribution in [1.29, 1.82) is 0 Å². The summed E-state index contributed by atoms with van der Waals surface area (Å²) in [7, 11) is 0. The molecule has 134 valence electrons. The molecule has 0 atom stereocenters. The Morgan fingerprint density at radius 2 is 1.69 bits per heavy atom. The summed E-state index contributed by atoms with van der Waals surface area (Å²) < 4.78 is 0. The zero-order valence-corrected chi connectivity index (χ0v) is 15.0. The van der Waals surface area contributed by atoms with E-state index in [-0.39, 0.29) is 30.7 Å². The monoisotopic (exact) mass is 350 g/mol. The normalized spacial score (nSPS) is 13.1. The molecule has 3 rings (SSSR count). The number of anilines is 1. The average Bonchev–Trinajstić information content (AvgIpc) is 2.89. The van der Waals surface area contributed by atoms with Crippen molar-refractivity contribution in [3.05, 3.63) is 64.7 Å². The number of hydrogen-bond acceptors (Lipinski definition) is 3. The molecule has 0 spiro atoms. The molecule has 0 fully saturated rings. The highest BCUT2D eigenvalue weighted by atomic mass is 16.2. The quantitative estimate of drug-likeness (QED) is 0.810. The van der Waals surface area contributed by atoms with Crippen LogP contribution >= 0.6 is 0 Å². The lowest BCUT2D eigenvalue weighted by atomic mass is 10.1. The van der Waals surface area contributed by atoms with Gasteiger partial charge in [-0.15, -0.1) is 0 Å². The zero-order valence-electron chi connectivity index (χ0n) is 15.0. The predicted octanol–water partition coefficient (Wildman–Crippen LogP) is 3.57. The maximum atomic E-state index is 12.3. The van der Waals surface area contributed by atoms with E-state index in [1.54, 1.807) is 24.3 Å². The number of benzene rings is 2. The average molecular weight is 350 g/mol. The minimum absolute atomic E-state index is 0.113. The van der Waals surface area contributed by atoms with Crippen LogP contribution < -0.4 is 5.32 Å². The highest BCUT2D eigenvalue weighted by Crippen LogP contribution is 2.23. The second-order valence-electron chi connectivity index (χ2n) is 6.46. The van der Waals surface area contributed by atoms with E-state index in [0.717, 1.165) is 23.2 Å². The minimum atomic E-state index is -0.280. The summed E-state index contributed by atoms with van der Waals surface area (Å²) in [4.78, 5) is 38.0. The highest BCUT2D eigenvalue weighted by molar-refractivity contribution is 6.21. The van der Waals surface area contributed by atoms with Crippen LogP contribution in [0.1, 0.15) is 51.6 Å². The lowest BCUT2D eigenvalue weighted by Crippen LogP contribution is -2.31. The molecule has 0 bridgehead atoms. The van der Waals surface area contributed by atoms with Gasteiger partial charge in [0.25, 0.3) is 11.8 Å². The molecule has 1 aliphatic heterocycles. The Labute approximate surface area is 153 Å². The summed E-state index contributed by atoms with van der Waals surface area (Å²) in [6.45, 7) is 4.26. The molecule has 1 aliphatic rings. The van der Waals surface area contributed by atoms with Crippen LogP contribution in [0.5, 0.6) is 0 Å². The number of nitrogens with zero attached hydrogens (tertiary/aromatic N) is 1. The van der Waals surface area contributed by atoms with Gasteiger partial charge in [-0.25, -0.2) is 0 Å². The summed E-state index contributed by atoms with van der Waals surface area (Å²) in [6, 6.07) is 12.8. The van der Waals surface area contributed by atoms with E-state index in [4.69, 9.17) is 0 Å². The van der Waals surface area contributed by atoms with Gasteiger partial charge >= 0.3 is 0 Å². The lowest BCUT2D eigenvalue weighted by molar-refractivity contribution is -0.116. The highest BCUT2D eigenvalue weighted by Gasteiger charge is 2.34. The van der Waals surface area contributed by atoms with E-state index in [1.165, 1.54) is 4.90 Å². The third kappa shape index (κ3) is 3.52. The van der Waals surface area contributed by atoms with Crippen molar-refractivity contribution in [3.63, 3.8) is 0 Å². The Hall–Kier alpha value is -2.95. The Balaban J connectivity index is 1.55. The van der Waals surface area contributed by atoms with Crippen LogP contribution in [0, 0.1) is 6.92 Å². The Kier molecular flexibility index (Phi) is 5.16. The molecule has 0 unspecified atom stereocenters. The molecule has 1 N–H and O–H groups in total. The van der Waals surface area contributed by atoms with Gasteiger partial charge in [-0.1, -0.05) is 31.2 Å². The summed E-state index contributed by atoms with van der Waals surface area (Å²) in [6.07, 6.45) is 1.59. The van der Waals surface area contributed by atoms with Gasteiger partial charge in [0.2, 0.25) is 5.91 Å². The Morgan fingerprint density at radius 3 is 2.31 bits per heavy atom. The number of imide groups is 1. The van der Waals surface area contributed by atoms with Crippen molar-refractivity contribution in [3.8, 4) is 0 Å². The van der Waals surface area contributed by atoms with Crippen LogP contribution in [-0.4, -0.2) is 29.2 Å². The van der Waals surface area contributed by atoms with E-state index in [9.17, 15) is 14.4 Å². The molecular weight excluding hydrogens is 328 g/mol. The predicted molar refractivity (Wildman–Crippen MR) is 100 cm³/mol. The van der Waals surface area contributed by atoms with E-state index in [1.807, 2.05) is 25.1 Å². The topological polar surface area (TPSA) is 66.5 Å². The first kappa shape index (κ1) is 17.9. The number of rotatable bonds is 6. The maximum absolute atomic E-state index is 12.3. The van der Waals surface area contributed by atoms with Crippen LogP contribution in [0.3, 0.4) is 0 Å².